The van der Waals surface area contributed by atoms with Gasteiger partial charge in [-0.1, -0.05) is 49.4 Å². The Hall–Kier alpha value is -1.09. The van der Waals surface area contributed by atoms with Crippen molar-refractivity contribution in [2.45, 2.75) is 19.5 Å². The maximum Gasteiger partial charge on any atom is 0.0867 e. The van der Waals surface area contributed by atoms with E-state index in [0.717, 1.165) is 16.2 Å². The highest BCUT2D eigenvalue weighted by molar-refractivity contribution is 6.32. The van der Waals surface area contributed by atoms with Gasteiger partial charge in [0, 0.05) is 11.4 Å². The normalized spacial score (nSPS) is 17.6. The Morgan fingerprint density at radius 1 is 1.19 bits per heavy atom. The van der Waals surface area contributed by atoms with Crippen molar-refractivity contribution >= 4 is 17.2 Å². The van der Waals surface area contributed by atoms with Gasteiger partial charge in [0.05, 0.1) is 5.66 Å². The Morgan fingerprint density at radius 2 is 1.88 bits per heavy atom. The number of hydrogen-bond acceptors (Lipinski definition) is 2. The maximum atomic E-state index is 6.09. The summed E-state index contributed by atoms with van der Waals surface area (Å²) >= 11 is 6.09. The lowest BCUT2D eigenvalue weighted by Gasteiger charge is -2.22. The molecule has 0 fully saturated rings. The lowest BCUT2D eigenvalue weighted by Crippen LogP contribution is -2.47. The smallest absolute Gasteiger partial charge is 0.0867 e. The predicted octanol–water partition coefficient (Wildman–Crippen LogP) is 2.93. The van der Waals surface area contributed by atoms with Crippen LogP contribution in [0.1, 0.15) is 19.4 Å². The molecule has 0 bridgehead atoms. The van der Waals surface area contributed by atoms with Gasteiger partial charge in [-0.05, 0) is 23.3 Å². The van der Waals surface area contributed by atoms with Crippen LogP contribution in [0.3, 0.4) is 0 Å². The number of hydrogen-bond donors (Lipinski definition) is 2. The zero-order valence-electron chi connectivity index (χ0n) is 8.28. The third-order valence-corrected chi connectivity index (χ3v) is 2.76. The van der Waals surface area contributed by atoms with Crippen LogP contribution in [0.15, 0.2) is 42.5 Å². The molecule has 0 amide bonds. The lowest BCUT2D eigenvalue weighted by atomic mass is 9.94. The minimum Gasteiger partial charge on any atom is -0.310 e. The van der Waals surface area contributed by atoms with Crippen LogP contribution >= 0.6 is 11.6 Å². The molecule has 0 saturated carbocycles. The second kappa shape index (κ2) is 4.83. The van der Waals surface area contributed by atoms with Crippen LogP contribution in [-0.2, 0) is 0 Å². The molecule has 3 heteroatoms. The van der Waals surface area contributed by atoms with Gasteiger partial charge in [0.2, 0.25) is 0 Å². The molecule has 86 valence electrons. The molecule has 1 aromatic rings. The third-order valence-electron chi connectivity index (χ3n) is 2.43. The van der Waals surface area contributed by atoms with E-state index in [1.165, 1.54) is 0 Å². The van der Waals surface area contributed by atoms with Crippen LogP contribution in [0.2, 0.25) is 5.02 Å². The van der Waals surface area contributed by atoms with Gasteiger partial charge in [0.25, 0.3) is 0 Å². The van der Waals surface area contributed by atoms with Crippen molar-refractivity contribution in [1.29, 1.82) is 0 Å². The lowest BCUT2D eigenvalue weighted by molar-refractivity contribution is 0.559. The Bertz CT molecular complexity index is 433. The van der Waals surface area contributed by atoms with Gasteiger partial charge in [0.15, 0.2) is 0 Å². The summed E-state index contributed by atoms with van der Waals surface area (Å²) in [5.41, 5.74) is 12.9. The van der Waals surface area contributed by atoms with E-state index in [9.17, 15) is 0 Å². The molecule has 2 nitrogen and oxygen atoms in total. The fourth-order valence-electron chi connectivity index (χ4n) is 1.56. The van der Waals surface area contributed by atoms with E-state index in [0.29, 0.717) is 6.42 Å². The van der Waals surface area contributed by atoms with Crippen LogP contribution in [0.25, 0.3) is 5.57 Å². The Morgan fingerprint density at radius 3 is 2.44 bits per heavy atom. The summed E-state index contributed by atoms with van der Waals surface area (Å²) in [6, 6.07) is 7.73. The molecule has 0 saturated heterocycles. The summed E-state index contributed by atoms with van der Waals surface area (Å²) < 4.78 is 0. The molecule has 0 unspecified atom stereocenters. The Kier molecular flexibility index (Phi) is 3.92. The molecule has 4 N–H and O–H groups in total. The van der Waals surface area contributed by atoms with E-state index in [2.05, 4.69) is 0 Å². The summed E-state index contributed by atoms with van der Waals surface area (Å²) in [5, 5.41) is 0.745. The van der Waals surface area contributed by atoms with Gasteiger partial charge < -0.3 is 11.5 Å². The Balaban J connectivity index is 0.00000128. The summed E-state index contributed by atoms with van der Waals surface area (Å²) in [7, 11) is 0. The van der Waals surface area contributed by atoms with Crippen molar-refractivity contribution in [3.63, 3.8) is 0 Å². The molecule has 0 aliphatic heterocycles. The number of halogens is 1. The third kappa shape index (κ3) is 2.73. The average molecular weight is 237 g/mol. The highest BCUT2D eigenvalue weighted by Gasteiger charge is 2.17. The van der Waals surface area contributed by atoms with Gasteiger partial charge in [-0.2, -0.15) is 0 Å². The van der Waals surface area contributed by atoms with Gasteiger partial charge in [0.1, 0.15) is 0 Å². The van der Waals surface area contributed by atoms with E-state index in [1.54, 1.807) is 0 Å². The molecular formula is C13H17ClN2. The second-order valence-electron chi connectivity index (χ2n) is 3.79. The van der Waals surface area contributed by atoms with Crippen molar-refractivity contribution in [3.8, 4) is 0 Å². The maximum absolute atomic E-state index is 6.09. The predicted molar refractivity (Wildman–Crippen MR) is 71.0 cm³/mol. The summed E-state index contributed by atoms with van der Waals surface area (Å²) in [6.45, 7) is 0. The fraction of sp³-hybridized carbons (Fsp3) is 0.231. The quantitative estimate of drug-likeness (QED) is 0.737. The number of rotatable bonds is 1. The number of allylic oxidation sites excluding steroid dienone is 2. The van der Waals surface area contributed by atoms with Gasteiger partial charge in [-0.3, -0.25) is 0 Å². The molecule has 0 radical (unpaired) electrons. The van der Waals surface area contributed by atoms with Crippen LogP contribution in [0.4, 0.5) is 0 Å². The monoisotopic (exact) mass is 236 g/mol. The Labute approximate surface area is 102 Å². The minimum atomic E-state index is -0.718. The first-order valence-corrected chi connectivity index (χ1v) is 5.18. The zero-order valence-corrected chi connectivity index (χ0v) is 9.04. The van der Waals surface area contributed by atoms with E-state index >= 15 is 0 Å². The van der Waals surface area contributed by atoms with Crippen LogP contribution in [-0.4, -0.2) is 5.66 Å². The first kappa shape index (κ1) is 13.0. The van der Waals surface area contributed by atoms with E-state index in [4.69, 9.17) is 23.1 Å². The van der Waals surface area contributed by atoms with Crippen molar-refractivity contribution in [3.05, 3.63) is 53.1 Å². The second-order valence-corrected chi connectivity index (χ2v) is 4.20. The van der Waals surface area contributed by atoms with Crippen LogP contribution < -0.4 is 11.5 Å². The molecule has 0 heterocycles. The van der Waals surface area contributed by atoms with Gasteiger partial charge in [-0.15, -0.1) is 0 Å². The molecule has 16 heavy (non-hydrogen) atoms. The zero-order chi connectivity index (χ0) is 10.9. The summed E-state index contributed by atoms with van der Waals surface area (Å²) in [5.74, 6) is 0. The summed E-state index contributed by atoms with van der Waals surface area (Å²) in [4.78, 5) is 0. The van der Waals surface area contributed by atoms with Gasteiger partial charge >= 0.3 is 0 Å². The van der Waals surface area contributed by atoms with Crippen molar-refractivity contribution in [2.24, 2.45) is 11.5 Å². The molecule has 0 spiro atoms. The average Bonchev–Trinajstić information content (AvgIpc) is 2.19. The number of nitrogens with two attached hydrogens (primary N) is 2. The molecule has 1 aliphatic rings. The first-order valence-electron chi connectivity index (χ1n) is 4.80. The van der Waals surface area contributed by atoms with E-state index in [1.807, 2.05) is 42.5 Å². The van der Waals surface area contributed by atoms with E-state index in [-0.39, 0.29) is 7.43 Å². The first-order chi connectivity index (χ1) is 7.08. The molecule has 0 aromatic heterocycles. The van der Waals surface area contributed by atoms with Crippen LogP contribution in [0, 0.1) is 0 Å². The molecule has 2 rings (SSSR count). The SMILES string of the molecule is C.NC1(N)C=CC(c2ccccc2Cl)=CC1. The van der Waals surface area contributed by atoms with Crippen LogP contribution in [0.5, 0.6) is 0 Å². The molecular weight excluding hydrogens is 220 g/mol. The largest absolute Gasteiger partial charge is 0.310 e. The molecule has 1 aliphatic carbocycles. The minimum absolute atomic E-state index is 0. The van der Waals surface area contributed by atoms with Crippen molar-refractivity contribution in [1.82, 2.24) is 0 Å². The fourth-order valence-corrected chi connectivity index (χ4v) is 1.81. The van der Waals surface area contributed by atoms with E-state index < -0.39 is 5.66 Å². The standard InChI is InChI=1S/C12H13ClN2.CH4/c13-11-4-2-1-3-10(11)9-5-7-12(14,15)8-6-9;/h1-7H,8,14-15H2;1H4. The topological polar surface area (TPSA) is 52.0 Å². The highest BCUT2D eigenvalue weighted by atomic mass is 35.5. The highest BCUT2D eigenvalue weighted by Crippen LogP contribution is 2.28. The number of benzene rings is 1. The van der Waals surface area contributed by atoms with Crippen molar-refractivity contribution in [2.75, 3.05) is 0 Å². The molecule has 0 atom stereocenters. The van der Waals surface area contributed by atoms with Crippen molar-refractivity contribution < 1.29 is 0 Å². The van der Waals surface area contributed by atoms with Gasteiger partial charge in [-0.25, -0.2) is 0 Å². The summed E-state index contributed by atoms with van der Waals surface area (Å²) in [6.07, 6.45) is 6.38. The molecule has 1 aromatic carbocycles.